The predicted octanol–water partition coefficient (Wildman–Crippen LogP) is 1.97. The Kier molecular flexibility index (Phi) is 4.84. The molecule has 0 aliphatic carbocycles. The first-order chi connectivity index (χ1) is 8.04. The van der Waals surface area contributed by atoms with Crippen LogP contribution in [0.25, 0.3) is 0 Å². The normalized spacial score (nSPS) is 11.9. The first kappa shape index (κ1) is 13.4. The van der Waals surface area contributed by atoms with Crippen molar-refractivity contribution in [1.29, 1.82) is 0 Å². The maximum absolute atomic E-state index is 11.8. The van der Waals surface area contributed by atoms with Gasteiger partial charge in [-0.2, -0.15) is 0 Å². The van der Waals surface area contributed by atoms with Gasteiger partial charge in [0.2, 0.25) is 5.78 Å². The summed E-state index contributed by atoms with van der Waals surface area (Å²) in [6.45, 7) is 3.35. The van der Waals surface area contributed by atoms with Crippen LogP contribution in [-0.4, -0.2) is 25.0 Å². The summed E-state index contributed by atoms with van der Waals surface area (Å²) in [5.74, 6) is -0.661. The number of esters is 1. The number of carbonyl (C=O) groups is 2. The van der Waals surface area contributed by atoms with Crippen LogP contribution in [0.5, 0.6) is 0 Å². The highest BCUT2D eigenvalue weighted by Gasteiger charge is 2.17. The van der Waals surface area contributed by atoms with Crippen molar-refractivity contribution in [2.45, 2.75) is 26.6 Å². The van der Waals surface area contributed by atoms with Crippen molar-refractivity contribution in [3.8, 4) is 0 Å². The van der Waals surface area contributed by atoms with Gasteiger partial charge in [0.15, 0.2) is 6.10 Å². The van der Waals surface area contributed by atoms with Crippen molar-refractivity contribution in [1.82, 2.24) is 0 Å². The lowest BCUT2D eigenvalue weighted by atomic mass is 10.1. The predicted molar refractivity (Wildman–Crippen MR) is 62.7 cm³/mol. The highest BCUT2D eigenvalue weighted by molar-refractivity contribution is 6.00. The molecule has 1 unspecified atom stereocenters. The third kappa shape index (κ3) is 4.00. The van der Waals surface area contributed by atoms with E-state index in [-0.39, 0.29) is 5.78 Å². The second kappa shape index (κ2) is 6.15. The van der Waals surface area contributed by atoms with Crippen LogP contribution in [0.15, 0.2) is 24.3 Å². The first-order valence-electron chi connectivity index (χ1n) is 5.34. The molecule has 0 amide bonds. The molecule has 4 heteroatoms. The largest absolute Gasteiger partial charge is 0.454 e. The fourth-order valence-corrected chi connectivity index (χ4v) is 1.47. The second-order valence-electron chi connectivity index (χ2n) is 3.75. The molecule has 0 saturated carbocycles. The molecule has 0 radical (unpaired) electrons. The van der Waals surface area contributed by atoms with Crippen LogP contribution in [0.4, 0.5) is 0 Å². The number of rotatable bonds is 5. The summed E-state index contributed by atoms with van der Waals surface area (Å²) in [6, 6.07) is 7.04. The molecule has 0 N–H and O–H groups in total. The summed E-state index contributed by atoms with van der Waals surface area (Å²) < 4.78 is 9.81. The van der Waals surface area contributed by atoms with Crippen LogP contribution in [0.1, 0.15) is 29.8 Å². The molecule has 0 saturated heterocycles. The summed E-state index contributed by atoms with van der Waals surface area (Å²) in [6.07, 6.45) is -0.749. The topological polar surface area (TPSA) is 52.6 Å². The molecular weight excluding hydrogens is 220 g/mol. The Bertz CT molecular complexity index is 394. The van der Waals surface area contributed by atoms with E-state index in [1.54, 1.807) is 26.2 Å². The maximum Gasteiger partial charge on any atom is 0.303 e. The standard InChI is InChI=1S/C13H16O4/c1-9(17-10(2)14)13(15)12-6-4-11(5-7-12)8-16-3/h4-7,9H,8H2,1-3H3. The van der Waals surface area contributed by atoms with Crippen LogP contribution in [0.2, 0.25) is 0 Å². The van der Waals surface area contributed by atoms with Gasteiger partial charge in [0, 0.05) is 19.6 Å². The Hall–Kier alpha value is -1.68. The van der Waals surface area contributed by atoms with Gasteiger partial charge in [-0.25, -0.2) is 0 Å². The van der Waals surface area contributed by atoms with Crippen LogP contribution < -0.4 is 0 Å². The third-order valence-corrected chi connectivity index (χ3v) is 2.26. The zero-order chi connectivity index (χ0) is 12.8. The lowest BCUT2D eigenvalue weighted by molar-refractivity contribution is -0.143. The molecule has 1 rings (SSSR count). The van der Waals surface area contributed by atoms with E-state index in [1.165, 1.54) is 6.92 Å². The zero-order valence-corrected chi connectivity index (χ0v) is 10.2. The van der Waals surface area contributed by atoms with E-state index in [2.05, 4.69) is 0 Å². The smallest absolute Gasteiger partial charge is 0.303 e. The molecule has 1 atom stereocenters. The Labute approximate surface area is 101 Å². The van der Waals surface area contributed by atoms with E-state index in [0.29, 0.717) is 12.2 Å². The summed E-state index contributed by atoms with van der Waals surface area (Å²) in [5.41, 5.74) is 1.52. The number of methoxy groups -OCH3 is 1. The molecule has 0 spiro atoms. The number of ether oxygens (including phenoxy) is 2. The van der Waals surface area contributed by atoms with Crippen molar-refractivity contribution < 1.29 is 19.1 Å². The van der Waals surface area contributed by atoms with E-state index in [1.807, 2.05) is 12.1 Å². The van der Waals surface area contributed by atoms with Crippen LogP contribution in [-0.2, 0) is 20.9 Å². The van der Waals surface area contributed by atoms with E-state index < -0.39 is 12.1 Å². The number of carbonyl (C=O) groups excluding carboxylic acids is 2. The fraction of sp³-hybridized carbons (Fsp3) is 0.385. The lowest BCUT2D eigenvalue weighted by Crippen LogP contribution is -2.23. The summed E-state index contributed by atoms with van der Waals surface area (Å²) in [5, 5.41) is 0. The van der Waals surface area contributed by atoms with Crippen LogP contribution >= 0.6 is 0 Å². The van der Waals surface area contributed by atoms with Crippen molar-refractivity contribution >= 4 is 11.8 Å². The second-order valence-corrected chi connectivity index (χ2v) is 3.75. The average molecular weight is 236 g/mol. The van der Waals surface area contributed by atoms with Gasteiger partial charge in [0.05, 0.1) is 6.61 Å². The number of Topliss-reactive ketones (excluding diaryl/α,β-unsaturated/α-hetero) is 1. The van der Waals surface area contributed by atoms with Gasteiger partial charge in [-0.15, -0.1) is 0 Å². The molecule has 0 aliphatic heterocycles. The molecule has 1 aromatic rings. The fourth-order valence-electron chi connectivity index (χ4n) is 1.47. The van der Waals surface area contributed by atoms with E-state index in [4.69, 9.17) is 9.47 Å². The van der Waals surface area contributed by atoms with Gasteiger partial charge < -0.3 is 9.47 Å². The van der Waals surface area contributed by atoms with E-state index in [0.717, 1.165) is 5.56 Å². The third-order valence-electron chi connectivity index (χ3n) is 2.26. The van der Waals surface area contributed by atoms with E-state index >= 15 is 0 Å². The van der Waals surface area contributed by atoms with Crippen molar-refractivity contribution in [2.75, 3.05) is 7.11 Å². The SMILES string of the molecule is COCc1ccc(C(=O)C(C)OC(C)=O)cc1. The molecule has 0 bridgehead atoms. The molecule has 17 heavy (non-hydrogen) atoms. The number of ketones is 1. The van der Waals surface area contributed by atoms with Crippen molar-refractivity contribution in [3.63, 3.8) is 0 Å². The molecule has 0 aliphatic rings. The monoisotopic (exact) mass is 236 g/mol. The number of benzene rings is 1. The molecule has 1 aromatic carbocycles. The first-order valence-corrected chi connectivity index (χ1v) is 5.34. The number of hydrogen-bond acceptors (Lipinski definition) is 4. The Morgan fingerprint density at radius 2 is 1.82 bits per heavy atom. The van der Waals surface area contributed by atoms with Crippen molar-refractivity contribution in [3.05, 3.63) is 35.4 Å². The molecule has 92 valence electrons. The molecule has 0 aromatic heterocycles. The van der Waals surface area contributed by atoms with Gasteiger partial charge in [0.1, 0.15) is 0 Å². The molecule has 0 fully saturated rings. The van der Waals surface area contributed by atoms with Gasteiger partial charge in [-0.3, -0.25) is 9.59 Å². The Balaban J connectivity index is 2.72. The Morgan fingerprint density at radius 3 is 2.29 bits per heavy atom. The molecule has 0 heterocycles. The molecule has 4 nitrogen and oxygen atoms in total. The summed E-state index contributed by atoms with van der Waals surface area (Å²) >= 11 is 0. The van der Waals surface area contributed by atoms with Gasteiger partial charge >= 0.3 is 5.97 Å². The van der Waals surface area contributed by atoms with Crippen LogP contribution in [0, 0.1) is 0 Å². The highest BCUT2D eigenvalue weighted by atomic mass is 16.5. The minimum Gasteiger partial charge on any atom is -0.454 e. The average Bonchev–Trinajstić information content (AvgIpc) is 2.28. The minimum atomic E-state index is -0.749. The summed E-state index contributed by atoms with van der Waals surface area (Å²) in [4.78, 5) is 22.6. The maximum atomic E-state index is 11.8. The number of hydrogen-bond donors (Lipinski definition) is 0. The van der Waals surface area contributed by atoms with Crippen molar-refractivity contribution in [2.24, 2.45) is 0 Å². The minimum absolute atomic E-state index is 0.204. The lowest BCUT2D eigenvalue weighted by Gasteiger charge is -2.10. The van der Waals surface area contributed by atoms with Gasteiger partial charge in [-0.1, -0.05) is 24.3 Å². The summed E-state index contributed by atoms with van der Waals surface area (Å²) in [7, 11) is 1.61. The van der Waals surface area contributed by atoms with Gasteiger partial charge in [0.25, 0.3) is 0 Å². The van der Waals surface area contributed by atoms with Gasteiger partial charge in [-0.05, 0) is 12.5 Å². The van der Waals surface area contributed by atoms with E-state index in [9.17, 15) is 9.59 Å². The zero-order valence-electron chi connectivity index (χ0n) is 10.2. The highest BCUT2D eigenvalue weighted by Crippen LogP contribution is 2.09. The Morgan fingerprint density at radius 1 is 1.24 bits per heavy atom. The quantitative estimate of drug-likeness (QED) is 0.579. The molecular formula is C13H16O4. The van der Waals surface area contributed by atoms with Crippen LogP contribution in [0.3, 0.4) is 0 Å².